The van der Waals surface area contributed by atoms with Crippen LogP contribution in [-0.4, -0.2) is 99.4 Å². The van der Waals surface area contributed by atoms with E-state index < -0.39 is 11.9 Å². The summed E-state index contributed by atoms with van der Waals surface area (Å²) < 4.78 is 33.2. The van der Waals surface area contributed by atoms with Crippen molar-refractivity contribution in [2.75, 3.05) is 67.6 Å². The number of carbonyl (C=O) groups is 2. The van der Waals surface area contributed by atoms with Crippen molar-refractivity contribution in [3.05, 3.63) is 34.6 Å². The number of rotatable bonds is 16. The van der Waals surface area contributed by atoms with Gasteiger partial charge in [-0.05, 0) is 26.8 Å². The first-order valence-corrected chi connectivity index (χ1v) is 14.0. The van der Waals surface area contributed by atoms with Gasteiger partial charge in [-0.25, -0.2) is 9.59 Å². The number of nitrogens with zero attached hydrogens (tertiary/aromatic N) is 4. The monoisotopic (exact) mass is 630 g/mol. The second-order valence-corrected chi connectivity index (χ2v) is 9.62. The van der Waals surface area contributed by atoms with E-state index in [1.165, 1.54) is 54.8 Å². The van der Waals surface area contributed by atoms with Crippen LogP contribution in [0.25, 0.3) is 0 Å². The van der Waals surface area contributed by atoms with E-state index in [1.807, 2.05) is 20.8 Å². The lowest BCUT2D eigenvalue weighted by molar-refractivity contribution is 0.0685. The normalized spacial score (nSPS) is 11.0. The van der Waals surface area contributed by atoms with Gasteiger partial charge in [-0.3, -0.25) is 4.48 Å². The Kier molecular flexibility index (Phi) is 11.2. The fourth-order valence-electron chi connectivity index (χ4n) is 5.15. The van der Waals surface area contributed by atoms with Crippen molar-refractivity contribution in [3.63, 3.8) is 0 Å². The predicted molar refractivity (Wildman–Crippen MR) is 165 cm³/mol. The first kappa shape index (κ1) is 34.4. The average Bonchev–Trinajstić information content (AvgIpc) is 3.04. The number of aromatic carboxylic acids is 2. The van der Waals surface area contributed by atoms with Crippen LogP contribution in [0.1, 0.15) is 52.9 Å². The van der Waals surface area contributed by atoms with Gasteiger partial charge < -0.3 is 44.0 Å². The quantitative estimate of drug-likeness (QED) is 0.193. The molecule has 0 aliphatic heterocycles. The van der Waals surface area contributed by atoms with Crippen LogP contribution in [0.3, 0.4) is 0 Å². The molecule has 3 rings (SSSR count). The van der Waals surface area contributed by atoms with Gasteiger partial charge in [0.1, 0.15) is 11.5 Å². The number of ether oxygens (including phenoxy) is 6. The molecule has 45 heavy (non-hydrogen) atoms. The van der Waals surface area contributed by atoms with Gasteiger partial charge in [-0.15, -0.1) is 4.98 Å². The summed E-state index contributed by atoms with van der Waals surface area (Å²) in [4.78, 5) is 38.9. The third-order valence-electron chi connectivity index (χ3n) is 7.71. The summed E-state index contributed by atoms with van der Waals surface area (Å²) in [6.45, 7) is 7.91. The highest BCUT2D eigenvalue weighted by Gasteiger charge is 2.32. The van der Waals surface area contributed by atoms with Gasteiger partial charge in [0.25, 0.3) is 0 Å². The number of benzene rings is 2. The van der Waals surface area contributed by atoms with E-state index in [-0.39, 0.29) is 75.1 Å². The third kappa shape index (κ3) is 6.57. The number of anilines is 2. The maximum absolute atomic E-state index is 12.4. The summed E-state index contributed by atoms with van der Waals surface area (Å²) in [5.74, 6) is -1.04. The summed E-state index contributed by atoms with van der Waals surface area (Å²) in [6.07, 6.45) is -0.110. The molecule has 2 aromatic carbocycles. The van der Waals surface area contributed by atoms with Crippen LogP contribution in [0.2, 0.25) is 0 Å². The summed E-state index contributed by atoms with van der Waals surface area (Å²) in [5.41, 5.74) is -0.0329. The van der Waals surface area contributed by atoms with Crippen molar-refractivity contribution in [2.45, 2.75) is 27.2 Å². The molecule has 15 heteroatoms. The molecule has 1 heterocycles. The molecule has 244 valence electrons. The Morgan fingerprint density at radius 2 is 1.18 bits per heavy atom. The highest BCUT2D eigenvalue weighted by atomic mass is 16.5. The number of nitrogens with one attached hydrogen (secondary N) is 1. The molecule has 0 aliphatic rings. The van der Waals surface area contributed by atoms with E-state index in [4.69, 9.17) is 38.4 Å². The van der Waals surface area contributed by atoms with Crippen LogP contribution in [0.4, 0.5) is 17.6 Å². The zero-order chi connectivity index (χ0) is 33.5. The van der Waals surface area contributed by atoms with Gasteiger partial charge in [-0.2, -0.15) is 9.97 Å². The number of quaternary nitrogens is 1. The summed E-state index contributed by atoms with van der Waals surface area (Å²) in [6, 6.07) is 2.64. The minimum Gasteiger partial charge on any atom is -0.493 e. The van der Waals surface area contributed by atoms with Crippen molar-refractivity contribution in [3.8, 4) is 34.5 Å². The second kappa shape index (κ2) is 14.6. The third-order valence-corrected chi connectivity index (χ3v) is 7.71. The number of aromatic nitrogens is 3. The minimum atomic E-state index is -1.27. The molecule has 0 spiro atoms. The molecule has 1 aromatic heterocycles. The average molecular weight is 631 g/mol. The van der Waals surface area contributed by atoms with E-state index in [1.54, 1.807) is 0 Å². The minimum absolute atomic E-state index is 0.00260. The molecule has 0 unspecified atom stereocenters. The lowest BCUT2D eigenvalue weighted by atomic mass is 10.0. The highest BCUT2D eigenvalue weighted by molar-refractivity contribution is 5.99. The Labute approximate surface area is 261 Å². The molecule has 0 atom stereocenters. The van der Waals surface area contributed by atoms with Crippen LogP contribution in [0.5, 0.6) is 34.5 Å². The van der Waals surface area contributed by atoms with Crippen molar-refractivity contribution < 1.29 is 48.2 Å². The maximum atomic E-state index is 12.4. The fraction of sp³-hybridized carbons (Fsp3) is 0.433. The van der Waals surface area contributed by atoms with Crippen LogP contribution < -0.4 is 38.2 Å². The molecule has 15 nitrogen and oxygen atoms in total. The zero-order valence-corrected chi connectivity index (χ0v) is 26.9. The van der Waals surface area contributed by atoms with Crippen molar-refractivity contribution in [1.29, 1.82) is 0 Å². The largest absolute Gasteiger partial charge is 0.493 e. The van der Waals surface area contributed by atoms with Crippen molar-refractivity contribution in [2.24, 2.45) is 0 Å². The van der Waals surface area contributed by atoms with Crippen LogP contribution in [0, 0.1) is 0 Å². The van der Waals surface area contributed by atoms with Crippen LogP contribution >= 0.6 is 0 Å². The first-order chi connectivity index (χ1) is 21.5. The van der Waals surface area contributed by atoms with E-state index in [0.717, 1.165) is 0 Å². The van der Waals surface area contributed by atoms with Gasteiger partial charge in [0.05, 0.1) is 73.4 Å². The molecule has 0 bridgehead atoms. The van der Waals surface area contributed by atoms with E-state index in [2.05, 4.69) is 10.3 Å². The topological polar surface area (TPSA) is 181 Å². The molecule has 0 radical (unpaired) electrons. The molecule has 0 amide bonds. The molecule has 0 saturated carbocycles. The Morgan fingerprint density at radius 1 is 0.689 bits per heavy atom. The number of hydrogen-bond donors (Lipinski definition) is 3. The number of hydrogen-bond acceptors (Lipinski definition) is 12. The van der Waals surface area contributed by atoms with Gasteiger partial charge in [-0.1, -0.05) is 0 Å². The second-order valence-electron chi connectivity index (χ2n) is 9.62. The molecule has 0 aliphatic carbocycles. The van der Waals surface area contributed by atoms with Crippen molar-refractivity contribution >= 4 is 29.5 Å². The van der Waals surface area contributed by atoms with Crippen molar-refractivity contribution in [1.82, 2.24) is 19.4 Å². The summed E-state index contributed by atoms with van der Waals surface area (Å²) >= 11 is 0. The lowest BCUT2D eigenvalue weighted by Gasteiger charge is -2.32. The van der Waals surface area contributed by atoms with Crippen LogP contribution in [-0.2, 0) is 6.42 Å². The lowest BCUT2D eigenvalue weighted by Crippen LogP contribution is -2.50. The molecule has 0 fully saturated rings. The SMILES string of the molecule is CC[N+](CC)(CC)c1nc(Cc2c(C(=O)O)cc(OC)c(OC)c2OC)nc(Nc2c(C(=O)O)cc(OC)c(OC)c2OC)n1. The predicted octanol–water partition coefficient (Wildman–Crippen LogP) is 4.02. The number of carboxylic acid groups (broad SMARTS) is 2. The fourth-order valence-corrected chi connectivity index (χ4v) is 5.15. The van der Waals surface area contributed by atoms with Gasteiger partial charge in [0, 0.05) is 18.1 Å². The Hall–Kier alpha value is -5.05. The molecule has 3 aromatic rings. The molecule has 0 saturated heterocycles. The smallest absolute Gasteiger partial charge is 0.338 e. The highest BCUT2D eigenvalue weighted by Crippen LogP contribution is 2.46. The van der Waals surface area contributed by atoms with Gasteiger partial charge in [0.15, 0.2) is 23.0 Å². The first-order valence-electron chi connectivity index (χ1n) is 14.0. The summed E-state index contributed by atoms with van der Waals surface area (Å²) in [5, 5.41) is 23.2. The van der Waals surface area contributed by atoms with Gasteiger partial charge in [0.2, 0.25) is 17.4 Å². The van der Waals surface area contributed by atoms with Gasteiger partial charge >= 0.3 is 17.9 Å². The molecular formula is C30H40N5O10+. The molecular weight excluding hydrogens is 590 g/mol. The zero-order valence-electron chi connectivity index (χ0n) is 26.9. The van der Waals surface area contributed by atoms with Crippen LogP contribution in [0.15, 0.2) is 12.1 Å². The Morgan fingerprint density at radius 3 is 1.62 bits per heavy atom. The Balaban J connectivity index is 2.36. The summed E-state index contributed by atoms with van der Waals surface area (Å²) in [7, 11) is 8.34. The maximum Gasteiger partial charge on any atom is 0.338 e. The Bertz CT molecular complexity index is 1450. The van der Waals surface area contributed by atoms with E-state index in [9.17, 15) is 19.8 Å². The molecule has 3 N–H and O–H groups in total. The van der Waals surface area contributed by atoms with E-state index >= 15 is 0 Å². The number of methoxy groups -OCH3 is 6. The number of carboxylic acids is 2. The standard InChI is InChI=1S/C30H39N5O10/c1-10-35(11-2,12-3)30-32-21(15-16-17(27(36)37)13-19(40-4)24(43-7)23(16)42-6)31-29(34-30)33-22-18(28(38)39)14-20(41-5)25(44-8)26(22)45-9/h13-14H,10-12,15H2,1-9H3,(H2-,31,32,33,34,36,37,38,39)/p+1. The van der Waals surface area contributed by atoms with E-state index in [0.29, 0.717) is 30.1 Å².